The van der Waals surface area contributed by atoms with Crippen LogP contribution in [0.1, 0.15) is 18.5 Å². The molecule has 20 heavy (non-hydrogen) atoms. The van der Waals surface area contributed by atoms with Gasteiger partial charge in [-0.1, -0.05) is 36.3 Å². The maximum absolute atomic E-state index is 12.0. The van der Waals surface area contributed by atoms with Gasteiger partial charge >= 0.3 is 0 Å². The van der Waals surface area contributed by atoms with Crippen LogP contribution in [-0.2, 0) is 6.54 Å². The average Bonchev–Trinajstić information content (AvgIpc) is 2.48. The zero-order chi connectivity index (χ0) is 14.5. The molecule has 0 aliphatic carbocycles. The first kappa shape index (κ1) is 14.4. The minimum atomic E-state index is -0.242. The highest BCUT2D eigenvalue weighted by Crippen LogP contribution is 2.22. The summed E-state index contributed by atoms with van der Waals surface area (Å²) in [5, 5.41) is 7.31. The fourth-order valence-corrected chi connectivity index (χ4v) is 2.24. The van der Waals surface area contributed by atoms with Crippen molar-refractivity contribution < 1.29 is 0 Å². The van der Waals surface area contributed by atoms with E-state index in [-0.39, 0.29) is 18.1 Å². The second-order valence-electron chi connectivity index (χ2n) is 4.32. The van der Waals surface area contributed by atoms with Crippen molar-refractivity contribution in [2.45, 2.75) is 19.5 Å². The van der Waals surface area contributed by atoms with Crippen LogP contribution in [-0.4, -0.2) is 9.78 Å². The van der Waals surface area contributed by atoms with Crippen molar-refractivity contribution >= 4 is 21.6 Å². The first-order valence-corrected chi connectivity index (χ1v) is 6.93. The number of terminal acetylenes is 1. The number of nitrogens with zero attached hydrogens (tertiary/aromatic N) is 2. The molecular formula is C15H14BrN3O. The van der Waals surface area contributed by atoms with Crippen LogP contribution in [0.2, 0.25) is 0 Å². The summed E-state index contributed by atoms with van der Waals surface area (Å²) in [4.78, 5) is 12.0. The van der Waals surface area contributed by atoms with Gasteiger partial charge < -0.3 is 5.32 Å². The minimum absolute atomic E-state index is 0.0668. The lowest BCUT2D eigenvalue weighted by Crippen LogP contribution is -2.24. The van der Waals surface area contributed by atoms with Crippen molar-refractivity contribution in [3.63, 3.8) is 0 Å². The molecular weight excluding hydrogens is 318 g/mol. The maximum atomic E-state index is 12.0. The summed E-state index contributed by atoms with van der Waals surface area (Å²) in [6.45, 7) is 2.18. The number of benzene rings is 1. The van der Waals surface area contributed by atoms with E-state index in [1.165, 1.54) is 4.68 Å². The summed E-state index contributed by atoms with van der Waals surface area (Å²) in [7, 11) is 0. The Balaban J connectivity index is 2.25. The molecule has 0 saturated carbocycles. The van der Waals surface area contributed by atoms with Gasteiger partial charge in [0.25, 0.3) is 5.56 Å². The summed E-state index contributed by atoms with van der Waals surface area (Å²) in [5.41, 5.74) is 1.54. The monoisotopic (exact) mass is 331 g/mol. The molecule has 0 radical (unpaired) electrons. The number of rotatable bonds is 4. The summed E-state index contributed by atoms with van der Waals surface area (Å²) < 4.78 is 1.67. The van der Waals surface area contributed by atoms with Gasteiger partial charge in [0.1, 0.15) is 11.0 Å². The van der Waals surface area contributed by atoms with Crippen molar-refractivity contribution in [1.29, 1.82) is 0 Å². The van der Waals surface area contributed by atoms with Gasteiger partial charge in [-0.25, -0.2) is 4.68 Å². The summed E-state index contributed by atoms with van der Waals surface area (Å²) >= 11 is 3.30. The molecule has 1 unspecified atom stereocenters. The van der Waals surface area contributed by atoms with Crippen molar-refractivity contribution in [2.75, 3.05) is 5.32 Å². The van der Waals surface area contributed by atoms with Gasteiger partial charge in [0, 0.05) is 6.04 Å². The SMILES string of the molecule is C#CCn1ncc(NC(C)c2ccccc2)c(Br)c1=O. The van der Waals surface area contributed by atoms with Crippen LogP contribution in [0, 0.1) is 12.3 Å². The van der Waals surface area contributed by atoms with Crippen LogP contribution in [0.15, 0.2) is 45.8 Å². The minimum Gasteiger partial charge on any atom is -0.376 e. The third kappa shape index (κ3) is 3.09. The predicted octanol–water partition coefficient (Wildman–Crippen LogP) is 2.81. The first-order valence-electron chi connectivity index (χ1n) is 6.14. The summed E-state index contributed by atoms with van der Waals surface area (Å²) in [6, 6.07) is 10.0. The number of halogens is 1. The fourth-order valence-electron chi connectivity index (χ4n) is 1.82. The van der Waals surface area contributed by atoms with Gasteiger partial charge in [-0.15, -0.1) is 6.42 Å². The van der Waals surface area contributed by atoms with E-state index in [4.69, 9.17) is 6.42 Å². The van der Waals surface area contributed by atoms with Crippen LogP contribution in [0.25, 0.3) is 0 Å². The molecule has 4 nitrogen and oxygen atoms in total. The summed E-state index contributed by atoms with van der Waals surface area (Å²) in [6.07, 6.45) is 6.79. The lowest BCUT2D eigenvalue weighted by atomic mass is 10.1. The van der Waals surface area contributed by atoms with Gasteiger partial charge in [0.2, 0.25) is 0 Å². The van der Waals surface area contributed by atoms with Gasteiger partial charge in [0.05, 0.1) is 11.9 Å². The predicted molar refractivity (Wildman–Crippen MR) is 83.5 cm³/mol. The Bertz CT molecular complexity index is 689. The lowest BCUT2D eigenvalue weighted by Gasteiger charge is -2.16. The van der Waals surface area contributed by atoms with Gasteiger partial charge in [-0.2, -0.15) is 5.10 Å². The average molecular weight is 332 g/mol. The molecule has 1 aromatic heterocycles. The third-order valence-electron chi connectivity index (χ3n) is 2.90. The van der Waals surface area contributed by atoms with Gasteiger partial charge in [-0.3, -0.25) is 4.79 Å². The summed E-state index contributed by atoms with van der Waals surface area (Å²) in [5.74, 6) is 2.40. The maximum Gasteiger partial charge on any atom is 0.284 e. The van der Waals surface area contributed by atoms with Gasteiger partial charge in [0.15, 0.2) is 0 Å². The highest BCUT2D eigenvalue weighted by molar-refractivity contribution is 9.10. The van der Waals surface area contributed by atoms with Crippen molar-refractivity contribution in [3.05, 3.63) is 56.9 Å². The van der Waals surface area contributed by atoms with E-state index in [2.05, 4.69) is 32.3 Å². The molecule has 2 aromatic rings. The van der Waals surface area contributed by atoms with Gasteiger partial charge in [-0.05, 0) is 28.4 Å². The first-order chi connectivity index (χ1) is 9.63. The molecule has 0 spiro atoms. The van der Waals surface area contributed by atoms with Crippen LogP contribution >= 0.6 is 15.9 Å². The van der Waals surface area contributed by atoms with E-state index in [1.54, 1.807) is 6.20 Å². The molecule has 1 atom stereocenters. The quantitative estimate of drug-likeness (QED) is 0.876. The molecule has 102 valence electrons. The Kier molecular flexibility index (Phi) is 4.59. The lowest BCUT2D eigenvalue weighted by molar-refractivity contribution is 0.658. The Hall–Kier alpha value is -2.06. The van der Waals surface area contributed by atoms with E-state index in [9.17, 15) is 4.79 Å². The molecule has 0 fully saturated rings. The highest BCUT2D eigenvalue weighted by Gasteiger charge is 2.11. The Labute approximate surface area is 126 Å². The molecule has 1 heterocycles. The second-order valence-corrected chi connectivity index (χ2v) is 5.11. The molecule has 1 aromatic carbocycles. The molecule has 0 amide bonds. The van der Waals surface area contributed by atoms with Crippen LogP contribution in [0.4, 0.5) is 5.69 Å². The number of hydrogen-bond acceptors (Lipinski definition) is 3. The molecule has 0 aliphatic heterocycles. The molecule has 0 saturated heterocycles. The zero-order valence-corrected chi connectivity index (χ0v) is 12.6. The topological polar surface area (TPSA) is 46.9 Å². The molecule has 2 rings (SSSR count). The van der Waals surface area contributed by atoms with E-state index in [0.29, 0.717) is 10.2 Å². The molecule has 0 aliphatic rings. The largest absolute Gasteiger partial charge is 0.376 e. The van der Waals surface area contributed by atoms with Crippen molar-refractivity contribution in [3.8, 4) is 12.3 Å². The standard InChI is InChI=1S/C15H14BrN3O/c1-3-9-19-15(20)14(16)13(10-17-19)18-11(2)12-7-5-4-6-8-12/h1,4-8,10-11,18H,9H2,2H3. The Morgan fingerprint density at radius 2 is 2.15 bits per heavy atom. The fraction of sp³-hybridized carbons (Fsp3) is 0.200. The van der Waals surface area contributed by atoms with E-state index in [1.807, 2.05) is 37.3 Å². The van der Waals surface area contributed by atoms with E-state index < -0.39 is 0 Å². The Morgan fingerprint density at radius 3 is 2.80 bits per heavy atom. The van der Waals surface area contributed by atoms with Crippen molar-refractivity contribution in [1.82, 2.24) is 9.78 Å². The molecule has 1 N–H and O–H groups in total. The highest BCUT2D eigenvalue weighted by atomic mass is 79.9. The number of anilines is 1. The third-order valence-corrected chi connectivity index (χ3v) is 3.66. The van der Waals surface area contributed by atoms with E-state index in [0.717, 1.165) is 5.56 Å². The Morgan fingerprint density at radius 1 is 1.45 bits per heavy atom. The van der Waals surface area contributed by atoms with Crippen LogP contribution in [0.5, 0.6) is 0 Å². The number of hydrogen-bond donors (Lipinski definition) is 1. The normalized spacial score (nSPS) is 11.7. The van der Waals surface area contributed by atoms with Crippen LogP contribution in [0.3, 0.4) is 0 Å². The van der Waals surface area contributed by atoms with E-state index >= 15 is 0 Å². The van der Waals surface area contributed by atoms with Crippen molar-refractivity contribution in [2.24, 2.45) is 0 Å². The van der Waals surface area contributed by atoms with Crippen LogP contribution < -0.4 is 10.9 Å². The smallest absolute Gasteiger partial charge is 0.284 e. The number of nitrogens with one attached hydrogen (secondary N) is 1. The number of aromatic nitrogens is 2. The molecule has 5 heteroatoms. The second kappa shape index (κ2) is 6.40. The molecule has 0 bridgehead atoms. The zero-order valence-electron chi connectivity index (χ0n) is 11.0.